The first-order chi connectivity index (χ1) is 7.13. The van der Waals surface area contributed by atoms with Gasteiger partial charge in [0.05, 0.1) is 6.61 Å². The maximum atomic E-state index is 11.4. The van der Waals surface area contributed by atoms with Gasteiger partial charge in [0.15, 0.2) is 5.69 Å². The lowest BCUT2D eigenvalue weighted by molar-refractivity contribution is 0.0519. The molecule has 0 aromatic carbocycles. The van der Waals surface area contributed by atoms with Crippen LogP contribution in [0.5, 0.6) is 0 Å². The molecule has 0 saturated heterocycles. The van der Waals surface area contributed by atoms with E-state index in [4.69, 9.17) is 4.74 Å². The molecule has 0 unspecified atom stereocenters. The zero-order chi connectivity index (χ0) is 11.3. The molecule has 0 saturated carbocycles. The third-order valence-electron chi connectivity index (χ3n) is 1.67. The lowest BCUT2D eigenvalue weighted by Gasteiger charge is -2.09. The molecule has 0 aliphatic rings. The van der Waals surface area contributed by atoms with Gasteiger partial charge in [0, 0.05) is 6.04 Å². The van der Waals surface area contributed by atoms with E-state index in [0.717, 1.165) is 0 Å². The van der Waals surface area contributed by atoms with Crippen LogP contribution in [0.2, 0.25) is 0 Å². The Kier molecular flexibility index (Phi) is 4.09. The number of carbonyl (C=O) groups excluding carboxylic acids is 1. The SMILES string of the molecule is CCOC(=O)c1cccc(NC(C)C)n1. The largest absolute Gasteiger partial charge is 0.461 e. The van der Waals surface area contributed by atoms with Crippen LogP contribution in [-0.4, -0.2) is 23.6 Å². The Balaban J connectivity index is 2.78. The van der Waals surface area contributed by atoms with E-state index in [1.54, 1.807) is 19.1 Å². The van der Waals surface area contributed by atoms with E-state index >= 15 is 0 Å². The highest BCUT2D eigenvalue weighted by molar-refractivity contribution is 5.87. The van der Waals surface area contributed by atoms with Gasteiger partial charge in [-0.2, -0.15) is 0 Å². The van der Waals surface area contributed by atoms with Crippen molar-refractivity contribution in [3.8, 4) is 0 Å². The first-order valence-corrected chi connectivity index (χ1v) is 5.04. The molecule has 0 amide bonds. The number of anilines is 1. The monoisotopic (exact) mass is 208 g/mol. The number of rotatable bonds is 4. The number of nitrogens with zero attached hydrogens (tertiary/aromatic N) is 1. The van der Waals surface area contributed by atoms with Crippen molar-refractivity contribution in [2.75, 3.05) is 11.9 Å². The molecular formula is C11H16N2O2. The normalized spacial score (nSPS) is 10.1. The Bertz CT molecular complexity index is 337. The van der Waals surface area contributed by atoms with Crippen molar-refractivity contribution in [2.24, 2.45) is 0 Å². The summed E-state index contributed by atoms with van der Waals surface area (Å²) in [6, 6.07) is 5.53. The smallest absolute Gasteiger partial charge is 0.356 e. The van der Waals surface area contributed by atoms with E-state index in [-0.39, 0.29) is 12.0 Å². The van der Waals surface area contributed by atoms with Crippen LogP contribution in [0.1, 0.15) is 31.3 Å². The van der Waals surface area contributed by atoms with E-state index < -0.39 is 0 Å². The summed E-state index contributed by atoms with van der Waals surface area (Å²) in [5.74, 6) is 0.306. The maximum Gasteiger partial charge on any atom is 0.356 e. The van der Waals surface area contributed by atoms with Crippen molar-refractivity contribution >= 4 is 11.8 Å². The first kappa shape index (κ1) is 11.5. The number of nitrogens with one attached hydrogen (secondary N) is 1. The average Bonchev–Trinajstić information content (AvgIpc) is 2.17. The molecule has 1 aromatic rings. The van der Waals surface area contributed by atoms with Crippen LogP contribution >= 0.6 is 0 Å². The lowest BCUT2D eigenvalue weighted by atomic mass is 10.3. The van der Waals surface area contributed by atoms with Crippen molar-refractivity contribution < 1.29 is 9.53 Å². The number of hydrogen-bond donors (Lipinski definition) is 1. The number of aromatic nitrogens is 1. The highest BCUT2D eigenvalue weighted by Crippen LogP contribution is 2.07. The summed E-state index contributed by atoms with van der Waals surface area (Å²) in [5, 5.41) is 3.12. The summed E-state index contributed by atoms with van der Waals surface area (Å²) in [4.78, 5) is 15.5. The molecule has 0 fully saturated rings. The average molecular weight is 208 g/mol. The molecule has 0 aliphatic carbocycles. The molecule has 82 valence electrons. The Morgan fingerprint density at radius 2 is 2.27 bits per heavy atom. The standard InChI is InChI=1S/C11H16N2O2/c1-4-15-11(14)9-6-5-7-10(13-9)12-8(2)3/h5-8H,4H2,1-3H3,(H,12,13). The highest BCUT2D eigenvalue weighted by Gasteiger charge is 2.08. The minimum atomic E-state index is -0.384. The molecule has 1 heterocycles. The van der Waals surface area contributed by atoms with Gasteiger partial charge in [0.2, 0.25) is 0 Å². The Hall–Kier alpha value is -1.58. The van der Waals surface area contributed by atoms with Gasteiger partial charge in [0.25, 0.3) is 0 Å². The van der Waals surface area contributed by atoms with E-state index in [2.05, 4.69) is 10.3 Å². The predicted octanol–water partition coefficient (Wildman–Crippen LogP) is 2.08. The van der Waals surface area contributed by atoms with Gasteiger partial charge in [0.1, 0.15) is 5.82 Å². The molecule has 0 atom stereocenters. The lowest BCUT2D eigenvalue weighted by Crippen LogP contribution is -2.13. The molecule has 1 aromatic heterocycles. The van der Waals surface area contributed by atoms with Gasteiger partial charge in [-0.1, -0.05) is 6.07 Å². The fourth-order valence-corrected chi connectivity index (χ4v) is 1.13. The molecule has 0 bridgehead atoms. The molecule has 1 rings (SSSR count). The van der Waals surface area contributed by atoms with Crippen molar-refractivity contribution in [3.63, 3.8) is 0 Å². The zero-order valence-electron chi connectivity index (χ0n) is 9.28. The summed E-state index contributed by atoms with van der Waals surface area (Å²) in [7, 11) is 0. The topological polar surface area (TPSA) is 51.2 Å². The third kappa shape index (κ3) is 3.58. The van der Waals surface area contributed by atoms with E-state index in [0.29, 0.717) is 18.1 Å². The minimum absolute atomic E-state index is 0.287. The summed E-state index contributed by atoms with van der Waals surface area (Å²) in [5.41, 5.74) is 0.336. The first-order valence-electron chi connectivity index (χ1n) is 5.04. The van der Waals surface area contributed by atoms with Gasteiger partial charge in [-0.3, -0.25) is 0 Å². The highest BCUT2D eigenvalue weighted by atomic mass is 16.5. The molecule has 0 radical (unpaired) electrons. The van der Waals surface area contributed by atoms with Crippen molar-refractivity contribution in [2.45, 2.75) is 26.8 Å². The molecule has 15 heavy (non-hydrogen) atoms. The number of esters is 1. The van der Waals surface area contributed by atoms with Gasteiger partial charge in [-0.05, 0) is 32.9 Å². The van der Waals surface area contributed by atoms with E-state index in [1.165, 1.54) is 0 Å². The van der Waals surface area contributed by atoms with Gasteiger partial charge in [-0.15, -0.1) is 0 Å². The third-order valence-corrected chi connectivity index (χ3v) is 1.67. The van der Waals surface area contributed by atoms with Crippen molar-refractivity contribution in [1.82, 2.24) is 4.98 Å². The summed E-state index contributed by atoms with van der Waals surface area (Å²) < 4.78 is 4.86. The van der Waals surface area contributed by atoms with E-state index in [9.17, 15) is 4.79 Å². The Morgan fingerprint density at radius 3 is 2.87 bits per heavy atom. The number of hydrogen-bond acceptors (Lipinski definition) is 4. The van der Waals surface area contributed by atoms with E-state index in [1.807, 2.05) is 19.9 Å². The van der Waals surface area contributed by atoms with Crippen LogP contribution in [0.3, 0.4) is 0 Å². The second-order valence-electron chi connectivity index (χ2n) is 3.43. The second-order valence-corrected chi connectivity index (χ2v) is 3.43. The Labute approximate surface area is 89.7 Å². The fourth-order valence-electron chi connectivity index (χ4n) is 1.13. The fraction of sp³-hybridized carbons (Fsp3) is 0.455. The molecule has 1 N–H and O–H groups in total. The van der Waals surface area contributed by atoms with Crippen LogP contribution in [0.25, 0.3) is 0 Å². The number of ether oxygens (including phenoxy) is 1. The molecule has 0 aliphatic heterocycles. The van der Waals surface area contributed by atoms with Gasteiger partial charge >= 0.3 is 5.97 Å². The quantitative estimate of drug-likeness (QED) is 0.770. The van der Waals surface area contributed by atoms with Crippen LogP contribution in [0, 0.1) is 0 Å². The molecular weight excluding hydrogens is 192 g/mol. The predicted molar refractivity (Wildman–Crippen MR) is 59.0 cm³/mol. The van der Waals surface area contributed by atoms with Gasteiger partial charge in [-0.25, -0.2) is 9.78 Å². The van der Waals surface area contributed by atoms with Crippen molar-refractivity contribution in [1.29, 1.82) is 0 Å². The van der Waals surface area contributed by atoms with Crippen LogP contribution in [-0.2, 0) is 4.74 Å². The number of carbonyl (C=O) groups is 1. The van der Waals surface area contributed by atoms with Crippen LogP contribution in [0.15, 0.2) is 18.2 Å². The van der Waals surface area contributed by atoms with Crippen molar-refractivity contribution in [3.05, 3.63) is 23.9 Å². The second kappa shape index (κ2) is 5.34. The summed E-state index contributed by atoms with van der Waals surface area (Å²) in [6.45, 7) is 6.16. The summed E-state index contributed by atoms with van der Waals surface area (Å²) >= 11 is 0. The molecule has 4 heteroatoms. The molecule has 0 spiro atoms. The summed E-state index contributed by atoms with van der Waals surface area (Å²) in [6.07, 6.45) is 0. The zero-order valence-corrected chi connectivity index (χ0v) is 9.28. The maximum absolute atomic E-state index is 11.4. The minimum Gasteiger partial charge on any atom is -0.461 e. The van der Waals surface area contributed by atoms with Crippen LogP contribution in [0.4, 0.5) is 5.82 Å². The Morgan fingerprint density at radius 1 is 1.53 bits per heavy atom. The van der Waals surface area contributed by atoms with Gasteiger partial charge < -0.3 is 10.1 Å². The molecule has 4 nitrogen and oxygen atoms in total. The number of pyridine rings is 1. The van der Waals surface area contributed by atoms with Crippen LogP contribution < -0.4 is 5.32 Å².